The predicted molar refractivity (Wildman–Crippen MR) is 86.9 cm³/mol. The van der Waals surface area contributed by atoms with Crippen molar-refractivity contribution in [3.8, 4) is 11.5 Å². The van der Waals surface area contributed by atoms with Gasteiger partial charge in [0.1, 0.15) is 17.3 Å². The van der Waals surface area contributed by atoms with Crippen LogP contribution >= 0.6 is 0 Å². The second kappa shape index (κ2) is 6.32. The van der Waals surface area contributed by atoms with Gasteiger partial charge in [0.25, 0.3) is 0 Å². The van der Waals surface area contributed by atoms with Crippen molar-refractivity contribution in [2.75, 3.05) is 19.1 Å². The number of amides is 1. The summed E-state index contributed by atoms with van der Waals surface area (Å²) in [6.45, 7) is 3.18. The highest BCUT2D eigenvalue weighted by molar-refractivity contribution is 5.92. The fraction of sp³-hybridized carbons (Fsp3) is 0.412. The van der Waals surface area contributed by atoms with Gasteiger partial charge in [-0.1, -0.05) is 0 Å². The van der Waals surface area contributed by atoms with E-state index in [0.29, 0.717) is 24.5 Å². The van der Waals surface area contributed by atoms with E-state index >= 15 is 0 Å². The lowest BCUT2D eigenvalue weighted by Gasteiger charge is -2.21. The normalized spacial score (nSPS) is 14.4. The van der Waals surface area contributed by atoms with Gasteiger partial charge in [-0.25, -0.2) is 4.68 Å². The zero-order valence-electron chi connectivity index (χ0n) is 13.7. The van der Waals surface area contributed by atoms with Crippen molar-refractivity contribution in [2.45, 2.75) is 32.9 Å². The number of rotatable bonds is 4. The van der Waals surface area contributed by atoms with Crippen molar-refractivity contribution in [3.05, 3.63) is 35.5 Å². The van der Waals surface area contributed by atoms with Crippen LogP contribution in [0.4, 0.5) is 5.82 Å². The Kier molecular flexibility index (Phi) is 4.23. The SMILES string of the molecule is COc1cc(CN2C(=O)CCCn3nc(C)cc32)cc(OC)c1. The quantitative estimate of drug-likeness (QED) is 0.870. The lowest BCUT2D eigenvalue weighted by Crippen LogP contribution is -2.30. The second-order valence-corrected chi connectivity index (χ2v) is 5.67. The van der Waals surface area contributed by atoms with E-state index in [9.17, 15) is 4.79 Å². The summed E-state index contributed by atoms with van der Waals surface area (Å²) in [5.41, 5.74) is 1.88. The molecule has 0 unspecified atom stereocenters. The third-order valence-electron chi connectivity index (χ3n) is 3.97. The first kappa shape index (κ1) is 15.4. The van der Waals surface area contributed by atoms with E-state index in [1.165, 1.54) is 0 Å². The van der Waals surface area contributed by atoms with E-state index in [1.54, 1.807) is 19.1 Å². The third-order valence-corrected chi connectivity index (χ3v) is 3.97. The average Bonchev–Trinajstić information content (AvgIpc) is 2.86. The molecule has 1 aromatic carbocycles. The van der Waals surface area contributed by atoms with Crippen LogP contribution in [0.15, 0.2) is 24.3 Å². The molecule has 0 aliphatic carbocycles. The Morgan fingerprint density at radius 1 is 1.13 bits per heavy atom. The summed E-state index contributed by atoms with van der Waals surface area (Å²) < 4.78 is 12.5. The van der Waals surface area contributed by atoms with Crippen LogP contribution < -0.4 is 14.4 Å². The molecule has 0 spiro atoms. The number of carbonyl (C=O) groups excluding carboxylic acids is 1. The number of hydrogen-bond acceptors (Lipinski definition) is 4. The number of methoxy groups -OCH3 is 2. The summed E-state index contributed by atoms with van der Waals surface area (Å²) in [5.74, 6) is 2.40. The summed E-state index contributed by atoms with van der Waals surface area (Å²) in [6, 6.07) is 7.63. The highest BCUT2D eigenvalue weighted by Crippen LogP contribution is 2.27. The van der Waals surface area contributed by atoms with E-state index in [-0.39, 0.29) is 5.91 Å². The number of ether oxygens (including phenoxy) is 2. The number of nitrogens with zero attached hydrogens (tertiary/aromatic N) is 3. The monoisotopic (exact) mass is 315 g/mol. The molecule has 0 bridgehead atoms. The number of aryl methyl sites for hydroxylation is 2. The Balaban J connectivity index is 1.96. The van der Waals surface area contributed by atoms with Gasteiger partial charge >= 0.3 is 0 Å². The first-order chi connectivity index (χ1) is 11.1. The molecule has 3 rings (SSSR count). The molecule has 1 aliphatic heterocycles. The average molecular weight is 315 g/mol. The third kappa shape index (κ3) is 3.16. The molecule has 0 saturated carbocycles. The van der Waals surface area contributed by atoms with Gasteiger partial charge in [-0.15, -0.1) is 0 Å². The molecule has 23 heavy (non-hydrogen) atoms. The Labute approximate surface area is 135 Å². The zero-order chi connectivity index (χ0) is 16.4. The van der Waals surface area contributed by atoms with Crippen LogP contribution in [0, 0.1) is 6.92 Å². The Morgan fingerprint density at radius 3 is 2.48 bits per heavy atom. The van der Waals surface area contributed by atoms with E-state index in [0.717, 1.165) is 30.0 Å². The summed E-state index contributed by atoms with van der Waals surface area (Å²) in [5, 5.41) is 4.48. The molecule has 1 aliphatic rings. The maximum atomic E-state index is 12.5. The van der Waals surface area contributed by atoms with Gasteiger partial charge in [-0.3, -0.25) is 9.69 Å². The van der Waals surface area contributed by atoms with E-state index < -0.39 is 0 Å². The van der Waals surface area contributed by atoms with Crippen LogP contribution in [0.2, 0.25) is 0 Å². The molecule has 2 heterocycles. The Hall–Kier alpha value is -2.50. The van der Waals surface area contributed by atoms with E-state index in [2.05, 4.69) is 5.10 Å². The van der Waals surface area contributed by atoms with E-state index in [1.807, 2.05) is 35.9 Å². The van der Waals surface area contributed by atoms with Crippen molar-refractivity contribution in [2.24, 2.45) is 0 Å². The summed E-state index contributed by atoms with van der Waals surface area (Å²) in [4.78, 5) is 14.3. The Morgan fingerprint density at radius 2 is 1.83 bits per heavy atom. The molecule has 0 atom stereocenters. The number of hydrogen-bond donors (Lipinski definition) is 0. The fourth-order valence-electron chi connectivity index (χ4n) is 2.87. The Bertz CT molecular complexity index is 702. The molecule has 0 radical (unpaired) electrons. The lowest BCUT2D eigenvalue weighted by molar-refractivity contribution is -0.118. The van der Waals surface area contributed by atoms with Crippen LogP contribution in [0.1, 0.15) is 24.1 Å². The smallest absolute Gasteiger partial charge is 0.228 e. The van der Waals surface area contributed by atoms with Crippen LogP contribution in [0.5, 0.6) is 11.5 Å². The molecule has 0 N–H and O–H groups in total. The number of fused-ring (bicyclic) bond motifs is 1. The molecule has 122 valence electrons. The first-order valence-electron chi connectivity index (χ1n) is 7.67. The summed E-state index contributed by atoms with van der Waals surface area (Å²) >= 11 is 0. The molecular weight excluding hydrogens is 294 g/mol. The summed E-state index contributed by atoms with van der Waals surface area (Å²) in [6.07, 6.45) is 1.34. The predicted octanol–water partition coefficient (Wildman–Crippen LogP) is 2.54. The molecule has 2 aromatic rings. The van der Waals surface area contributed by atoms with Crippen LogP contribution in [0.3, 0.4) is 0 Å². The van der Waals surface area contributed by atoms with Gasteiger partial charge in [0.15, 0.2) is 0 Å². The lowest BCUT2D eigenvalue weighted by atomic mass is 10.1. The number of benzene rings is 1. The topological polar surface area (TPSA) is 56.6 Å². The van der Waals surface area contributed by atoms with Crippen molar-refractivity contribution >= 4 is 11.7 Å². The van der Waals surface area contributed by atoms with Gasteiger partial charge in [-0.05, 0) is 31.0 Å². The fourth-order valence-corrected chi connectivity index (χ4v) is 2.87. The van der Waals surface area contributed by atoms with Gasteiger partial charge in [0, 0.05) is 25.1 Å². The van der Waals surface area contributed by atoms with Gasteiger partial charge < -0.3 is 9.47 Å². The minimum absolute atomic E-state index is 0.116. The van der Waals surface area contributed by atoms with Crippen molar-refractivity contribution in [3.63, 3.8) is 0 Å². The van der Waals surface area contributed by atoms with Gasteiger partial charge in [0.2, 0.25) is 5.91 Å². The largest absolute Gasteiger partial charge is 0.497 e. The summed E-state index contributed by atoms with van der Waals surface area (Å²) in [7, 11) is 3.24. The first-order valence-corrected chi connectivity index (χ1v) is 7.67. The maximum absolute atomic E-state index is 12.5. The van der Waals surface area contributed by atoms with Crippen LogP contribution in [0.25, 0.3) is 0 Å². The molecule has 1 aromatic heterocycles. The number of anilines is 1. The highest BCUT2D eigenvalue weighted by Gasteiger charge is 2.24. The standard InChI is InChI=1S/C17H21N3O3/c1-12-7-16-19(17(21)5-4-6-20(16)18-12)11-13-8-14(22-2)10-15(9-13)23-3/h7-10H,4-6,11H2,1-3H3. The highest BCUT2D eigenvalue weighted by atomic mass is 16.5. The molecule has 0 fully saturated rings. The zero-order valence-corrected chi connectivity index (χ0v) is 13.7. The van der Waals surface area contributed by atoms with Crippen molar-refractivity contribution in [1.82, 2.24) is 9.78 Å². The number of carbonyl (C=O) groups is 1. The molecule has 0 saturated heterocycles. The van der Waals surface area contributed by atoms with Crippen molar-refractivity contribution < 1.29 is 14.3 Å². The molecule has 6 nitrogen and oxygen atoms in total. The molecule has 1 amide bonds. The minimum atomic E-state index is 0.116. The number of aromatic nitrogens is 2. The van der Waals surface area contributed by atoms with E-state index in [4.69, 9.17) is 9.47 Å². The van der Waals surface area contributed by atoms with Crippen LogP contribution in [-0.2, 0) is 17.9 Å². The van der Waals surface area contributed by atoms with Crippen LogP contribution in [-0.4, -0.2) is 29.9 Å². The maximum Gasteiger partial charge on any atom is 0.228 e. The molecular formula is C17H21N3O3. The minimum Gasteiger partial charge on any atom is -0.497 e. The van der Waals surface area contributed by atoms with Crippen molar-refractivity contribution in [1.29, 1.82) is 0 Å². The van der Waals surface area contributed by atoms with Gasteiger partial charge in [0.05, 0.1) is 26.5 Å². The second-order valence-electron chi connectivity index (χ2n) is 5.67. The molecule has 6 heteroatoms. The van der Waals surface area contributed by atoms with Gasteiger partial charge in [-0.2, -0.15) is 5.10 Å².